The predicted octanol–water partition coefficient (Wildman–Crippen LogP) is 3.83. The summed E-state index contributed by atoms with van der Waals surface area (Å²) in [5, 5.41) is 10.3. The number of rotatable bonds is 3. The van der Waals surface area contributed by atoms with E-state index in [2.05, 4.69) is 20.1 Å². The molecule has 1 aliphatic rings. The van der Waals surface area contributed by atoms with Crippen LogP contribution in [0, 0.1) is 13.8 Å². The van der Waals surface area contributed by atoms with Crippen LogP contribution in [-0.2, 0) is 0 Å². The Bertz CT molecular complexity index is 996. The molecule has 1 aliphatic heterocycles. The van der Waals surface area contributed by atoms with Gasteiger partial charge in [-0.2, -0.15) is 0 Å². The van der Waals surface area contributed by atoms with Crippen molar-refractivity contribution in [2.45, 2.75) is 13.8 Å². The zero-order valence-corrected chi connectivity index (χ0v) is 17.3. The highest BCUT2D eigenvalue weighted by Crippen LogP contribution is 2.26. The monoisotopic (exact) mass is 413 g/mol. The summed E-state index contributed by atoms with van der Waals surface area (Å²) in [6, 6.07) is 11.5. The fourth-order valence-corrected chi connectivity index (χ4v) is 4.44. The van der Waals surface area contributed by atoms with E-state index in [1.165, 1.54) is 11.3 Å². The number of hydrogen-bond donors (Lipinski definition) is 0. The molecule has 6 nitrogen and oxygen atoms in total. The third kappa shape index (κ3) is 3.72. The summed E-state index contributed by atoms with van der Waals surface area (Å²) in [5.74, 6) is 0.885. The highest BCUT2D eigenvalue weighted by atomic mass is 35.5. The van der Waals surface area contributed by atoms with Crippen molar-refractivity contribution in [3.8, 4) is 11.3 Å². The van der Waals surface area contributed by atoms with Crippen LogP contribution in [0.25, 0.3) is 11.3 Å². The number of carbonyl (C=O) groups excluding carboxylic acids is 1. The van der Waals surface area contributed by atoms with Gasteiger partial charge in [0.05, 0.1) is 21.4 Å². The number of halogens is 1. The predicted molar refractivity (Wildman–Crippen MR) is 112 cm³/mol. The first-order valence-electron chi connectivity index (χ1n) is 9.10. The highest BCUT2D eigenvalue weighted by Gasteiger charge is 2.25. The number of benzene rings is 1. The minimum absolute atomic E-state index is 0.0721. The maximum absolute atomic E-state index is 12.7. The van der Waals surface area contributed by atoms with Crippen LogP contribution in [0.15, 0.2) is 36.4 Å². The first-order valence-corrected chi connectivity index (χ1v) is 10.3. The maximum Gasteiger partial charge on any atom is 0.265 e. The Labute approximate surface area is 172 Å². The van der Waals surface area contributed by atoms with Crippen LogP contribution >= 0.6 is 22.9 Å². The molecule has 0 bridgehead atoms. The molecule has 2 aromatic heterocycles. The zero-order chi connectivity index (χ0) is 19.7. The molecule has 0 atom stereocenters. The van der Waals surface area contributed by atoms with Gasteiger partial charge in [0.15, 0.2) is 5.82 Å². The number of aromatic nitrogens is 3. The second-order valence-electron chi connectivity index (χ2n) is 6.68. The van der Waals surface area contributed by atoms with Crippen molar-refractivity contribution in [2.24, 2.45) is 0 Å². The molecule has 28 heavy (non-hydrogen) atoms. The van der Waals surface area contributed by atoms with E-state index in [9.17, 15) is 4.79 Å². The Morgan fingerprint density at radius 3 is 2.39 bits per heavy atom. The average molecular weight is 414 g/mol. The summed E-state index contributed by atoms with van der Waals surface area (Å²) in [6.07, 6.45) is 0. The van der Waals surface area contributed by atoms with E-state index in [4.69, 9.17) is 11.6 Å². The van der Waals surface area contributed by atoms with Gasteiger partial charge in [-0.1, -0.05) is 29.8 Å². The molecule has 0 radical (unpaired) electrons. The van der Waals surface area contributed by atoms with E-state index in [1.807, 2.05) is 55.1 Å². The third-order valence-electron chi connectivity index (χ3n) is 4.79. The normalized spacial score (nSPS) is 14.4. The van der Waals surface area contributed by atoms with Crippen molar-refractivity contribution in [3.05, 3.63) is 57.0 Å². The van der Waals surface area contributed by atoms with Gasteiger partial charge in [-0.3, -0.25) is 4.79 Å². The first-order chi connectivity index (χ1) is 13.5. The van der Waals surface area contributed by atoms with Gasteiger partial charge in [0.1, 0.15) is 4.88 Å². The number of amides is 1. The minimum atomic E-state index is 0.0721. The number of anilines is 1. The number of carbonyl (C=O) groups is 1. The Balaban J connectivity index is 1.42. The topological polar surface area (TPSA) is 62.2 Å². The molecule has 1 amide bonds. The minimum Gasteiger partial charge on any atom is -0.352 e. The Kier molecular flexibility index (Phi) is 5.28. The number of thiazole rings is 1. The smallest absolute Gasteiger partial charge is 0.265 e. The van der Waals surface area contributed by atoms with Crippen molar-refractivity contribution in [1.82, 2.24) is 20.1 Å². The van der Waals surface area contributed by atoms with Crippen LogP contribution in [0.3, 0.4) is 0 Å². The van der Waals surface area contributed by atoms with Crippen molar-refractivity contribution in [1.29, 1.82) is 0 Å². The largest absolute Gasteiger partial charge is 0.352 e. The van der Waals surface area contributed by atoms with Gasteiger partial charge < -0.3 is 9.80 Å². The van der Waals surface area contributed by atoms with Crippen LogP contribution < -0.4 is 4.90 Å². The van der Waals surface area contributed by atoms with Crippen LogP contribution in [0.1, 0.15) is 20.4 Å². The van der Waals surface area contributed by atoms with E-state index in [-0.39, 0.29) is 5.91 Å². The van der Waals surface area contributed by atoms with Gasteiger partial charge in [-0.15, -0.1) is 21.5 Å². The molecule has 144 valence electrons. The third-order valence-corrected chi connectivity index (χ3v) is 6.18. The molecular weight excluding hydrogens is 394 g/mol. The lowest BCUT2D eigenvalue weighted by atomic mass is 10.1. The lowest BCUT2D eigenvalue weighted by Gasteiger charge is -2.35. The van der Waals surface area contributed by atoms with E-state index in [0.717, 1.165) is 45.7 Å². The van der Waals surface area contributed by atoms with Crippen molar-refractivity contribution < 1.29 is 4.79 Å². The summed E-state index contributed by atoms with van der Waals surface area (Å²) in [6.45, 7) is 6.58. The van der Waals surface area contributed by atoms with Crippen LogP contribution in [-0.4, -0.2) is 52.2 Å². The van der Waals surface area contributed by atoms with Gasteiger partial charge in [-0.25, -0.2) is 4.98 Å². The van der Waals surface area contributed by atoms with Crippen molar-refractivity contribution in [3.63, 3.8) is 0 Å². The fraction of sp³-hybridized carbons (Fsp3) is 0.300. The number of nitrogens with zero attached hydrogens (tertiary/aromatic N) is 5. The van der Waals surface area contributed by atoms with Gasteiger partial charge in [0.25, 0.3) is 5.91 Å². The van der Waals surface area contributed by atoms with E-state index in [1.54, 1.807) is 0 Å². The molecule has 1 saturated heterocycles. The molecule has 1 aromatic carbocycles. The number of piperazine rings is 1. The molecule has 8 heteroatoms. The number of hydrogen-bond acceptors (Lipinski definition) is 6. The number of aryl methyl sites for hydroxylation is 2. The van der Waals surface area contributed by atoms with E-state index >= 15 is 0 Å². The molecule has 0 saturated carbocycles. The van der Waals surface area contributed by atoms with Crippen LogP contribution in [0.4, 0.5) is 5.82 Å². The first kappa shape index (κ1) is 18.8. The van der Waals surface area contributed by atoms with Gasteiger partial charge >= 0.3 is 0 Å². The maximum atomic E-state index is 12.7. The van der Waals surface area contributed by atoms with Crippen molar-refractivity contribution in [2.75, 3.05) is 31.1 Å². The standard InChI is InChI=1S/C20H20ClN5OS/c1-13-19(28-14(2)22-13)20(27)26-11-9-25(10-12-26)18-8-7-17(23-24-18)15-5-3-4-6-16(15)21/h3-8H,9-12H2,1-2H3. The summed E-state index contributed by atoms with van der Waals surface area (Å²) in [5.41, 5.74) is 2.43. The molecule has 1 fully saturated rings. The Morgan fingerprint density at radius 2 is 1.79 bits per heavy atom. The lowest BCUT2D eigenvalue weighted by molar-refractivity contribution is 0.0750. The van der Waals surface area contributed by atoms with E-state index < -0.39 is 0 Å². The molecule has 4 rings (SSSR count). The fourth-order valence-electron chi connectivity index (χ4n) is 3.32. The Morgan fingerprint density at radius 1 is 1.04 bits per heavy atom. The zero-order valence-electron chi connectivity index (χ0n) is 15.7. The van der Waals surface area contributed by atoms with Gasteiger partial charge in [0, 0.05) is 31.7 Å². The highest BCUT2D eigenvalue weighted by molar-refractivity contribution is 7.13. The Hall–Kier alpha value is -2.51. The molecule has 3 heterocycles. The van der Waals surface area contributed by atoms with E-state index in [0.29, 0.717) is 18.1 Å². The summed E-state index contributed by atoms with van der Waals surface area (Å²) in [7, 11) is 0. The lowest BCUT2D eigenvalue weighted by Crippen LogP contribution is -2.49. The second kappa shape index (κ2) is 7.85. The molecule has 0 aliphatic carbocycles. The second-order valence-corrected chi connectivity index (χ2v) is 8.29. The molecule has 3 aromatic rings. The molecular formula is C20H20ClN5OS. The van der Waals surface area contributed by atoms with Crippen LogP contribution in [0.2, 0.25) is 5.02 Å². The summed E-state index contributed by atoms with van der Waals surface area (Å²) >= 11 is 7.70. The van der Waals surface area contributed by atoms with Crippen molar-refractivity contribution >= 4 is 34.7 Å². The average Bonchev–Trinajstić information content (AvgIpc) is 3.06. The summed E-state index contributed by atoms with van der Waals surface area (Å²) in [4.78, 5) is 21.9. The van der Waals surface area contributed by atoms with Crippen LogP contribution in [0.5, 0.6) is 0 Å². The molecule has 0 spiro atoms. The molecule has 0 N–H and O–H groups in total. The van der Waals surface area contributed by atoms with Gasteiger partial charge in [0.2, 0.25) is 0 Å². The summed E-state index contributed by atoms with van der Waals surface area (Å²) < 4.78 is 0. The quantitative estimate of drug-likeness (QED) is 0.653. The SMILES string of the molecule is Cc1nc(C)c(C(=O)N2CCN(c3ccc(-c4ccccc4Cl)nn3)CC2)s1. The molecule has 0 unspecified atom stereocenters. The van der Waals surface area contributed by atoms with Gasteiger partial charge in [-0.05, 0) is 32.0 Å².